The Labute approximate surface area is 129 Å². The summed E-state index contributed by atoms with van der Waals surface area (Å²) in [7, 11) is 1.48. The van der Waals surface area contributed by atoms with E-state index in [2.05, 4.69) is 0 Å². The molecule has 0 aliphatic carbocycles. The molecule has 3 rings (SSSR count). The van der Waals surface area contributed by atoms with Crippen molar-refractivity contribution in [1.29, 1.82) is 0 Å². The second kappa shape index (κ2) is 5.62. The molecular formula is C17H13F3O3. The van der Waals surface area contributed by atoms with Gasteiger partial charge in [0.15, 0.2) is 11.3 Å². The number of benzene rings is 2. The lowest BCUT2D eigenvalue weighted by Gasteiger charge is -2.06. The normalized spacial score (nSPS) is 11.9. The Morgan fingerprint density at radius 2 is 1.78 bits per heavy atom. The molecule has 0 saturated carbocycles. The summed E-state index contributed by atoms with van der Waals surface area (Å²) in [6.45, 7) is -0.146. The van der Waals surface area contributed by atoms with E-state index in [0.717, 1.165) is 12.1 Å². The predicted molar refractivity (Wildman–Crippen MR) is 79.1 cm³/mol. The first kappa shape index (κ1) is 15.4. The van der Waals surface area contributed by atoms with Crippen molar-refractivity contribution in [2.24, 2.45) is 0 Å². The summed E-state index contributed by atoms with van der Waals surface area (Å²) >= 11 is 0. The van der Waals surface area contributed by atoms with Gasteiger partial charge in [-0.05, 0) is 35.9 Å². The van der Waals surface area contributed by atoms with Crippen molar-refractivity contribution in [2.75, 3.05) is 7.11 Å². The van der Waals surface area contributed by atoms with Crippen LogP contribution in [0, 0.1) is 0 Å². The SMILES string of the molecule is COc1cc(CO)cc2cc(-c3ccc(C(F)(F)F)cc3)oc12. The van der Waals surface area contributed by atoms with Crippen molar-refractivity contribution in [1.82, 2.24) is 0 Å². The Bertz CT molecular complexity index is 833. The van der Waals surface area contributed by atoms with E-state index in [1.807, 2.05) is 0 Å². The summed E-state index contributed by atoms with van der Waals surface area (Å²) < 4.78 is 48.8. The minimum Gasteiger partial charge on any atom is -0.493 e. The molecule has 0 fully saturated rings. The van der Waals surface area contributed by atoms with Gasteiger partial charge in [0.25, 0.3) is 0 Å². The van der Waals surface area contributed by atoms with E-state index < -0.39 is 11.7 Å². The maximum atomic E-state index is 12.6. The molecule has 6 heteroatoms. The van der Waals surface area contributed by atoms with Crippen LogP contribution in [0.3, 0.4) is 0 Å². The lowest BCUT2D eigenvalue weighted by Crippen LogP contribution is -2.03. The maximum absolute atomic E-state index is 12.6. The van der Waals surface area contributed by atoms with Gasteiger partial charge in [-0.2, -0.15) is 13.2 Å². The Balaban J connectivity index is 2.06. The van der Waals surface area contributed by atoms with E-state index in [-0.39, 0.29) is 6.61 Å². The summed E-state index contributed by atoms with van der Waals surface area (Å²) in [6, 6.07) is 9.86. The first-order valence-electron chi connectivity index (χ1n) is 6.81. The molecule has 0 amide bonds. The number of alkyl halides is 3. The van der Waals surface area contributed by atoms with Gasteiger partial charge in [-0.25, -0.2) is 0 Å². The minimum atomic E-state index is -4.37. The van der Waals surface area contributed by atoms with Crippen LogP contribution in [0.15, 0.2) is 46.9 Å². The van der Waals surface area contributed by atoms with Gasteiger partial charge in [0.2, 0.25) is 0 Å². The van der Waals surface area contributed by atoms with Crippen LogP contribution in [0.25, 0.3) is 22.3 Å². The Morgan fingerprint density at radius 3 is 2.35 bits per heavy atom. The van der Waals surface area contributed by atoms with Crippen molar-refractivity contribution < 1.29 is 27.4 Å². The molecule has 1 heterocycles. The van der Waals surface area contributed by atoms with Crippen LogP contribution in [0.5, 0.6) is 5.75 Å². The van der Waals surface area contributed by atoms with Gasteiger partial charge < -0.3 is 14.3 Å². The molecule has 0 spiro atoms. The largest absolute Gasteiger partial charge is 0.493 e. The van der Waals surface area contributed by atoms with Gasteiger partial charge >= 0.3 is 6.18 Å². The molecule has 0 radical (unpaired) electrons. The Kier molecular flexibility index (Phi) is 3.77. The van der Waals surface area contributed by atoms with Gasteiger partial charge in [-0.3, -0.25) is 0 Å². The van der Waals surface area contributed by atoms with Crippen LogP contribution in [0.1, 0.15) is 11.1 Å². The molecular weight excluding hydrogens is 309 g/mol. The van der Waals surface area contributed by atoms with Crippen molar-refractivity contribution in [2.45, 2.75) is 12.8 Å². The number of ether oxygens (including phenoxy) is 1. The molecule has 0 atom stereocenters. The highest BCUT2D eigenvalue weighted by molar-refractivity contribution is 5.88. The Hall–Kier alpha value is -2.47. The standard InChI is InChI=1S/C17H13F3O3/c1-22-15-7-10(9-21)6-12-8-14(23-16(12)15)11-2-4-13(5-3-11)17(18,19)20/h2-8,21H,9H2,1H3. The van der Waals surface area contributed by atoms with E-state index in [0.29, 0.717) is 33.6 Å². The number of hydrogen-bond donors (Lipinski definition) is 1. The lowest BCUT2D eigenvalue weighted by atomic mass is 10.1. The van der Waals surface area contributed by atoms with Crippen molar-refractivity contribution in [3.63, 3.8) is 0 Å². The molecule has 0 aliphatic rings. The van der Waals surface area contributed by atoms with E-state index in [1.165, 1.54) is 19.2 Å². The summed E-state index contributed by atoms with van der Waals surface area (Å²) in [5.41, 5.74) is 0.966. The number of halogens is 3. The van der Waals surface area contributed by atoms with Crippen LogP contribution >= 0.6 is 0 Å². The zero-order valence-corrected chi connectivity index (χ0v) is 12.1. The lowest BCUT2D eigenvalue weighted by molar-refractivity contribution is -0.137. The fraction of sp³-hybridized carbons (Fsp3) is 0.176. The van der Waals surface area contributed by atoms with Gasteiger partial charge in [0.1, 0.15) is 5.76 Å². The number of furan rings is 1. The molecule has 1 aromatic heterocycles. The first-order chi connectivity index (χ1) is 10.9. The van der Waals surface area contributed by atoms with Gasteiger partial charge in [-0.1, -0.05) is 12.1 Å². The molecule has 0 aliphatic heterocycles. The van der Waals surface area contributed by atoms with Gasteiger partial charge in [0.05, 0.1) is 19.3 Å². The number of methoxy groups -OCH3 is 1. The average Bonchev–Trinajstić information content (AvgIpc) is 2.97. The number of aliphatic hydroxyl groups excluding tert-OH is 1. The monoisotopic (exact) mass is 322 g/mol. The second-order valence-corrected chi connectivity index (χ2v) is 5.06. The molecule has 3 aromatic rings. The number of aliphatic hydroxyl groups is 1. The third-order valence-electron chi connectivity index (χ3n) is 3.54. The zero-order chi connectivity index (χ0) is 16.6. The van der Waals surface area contributed by atoms with Crippen molar-refractivity contribution >= 4 is 11.0 Å². The zero-order valence-electron chi connectivity index (χ0n) is 12.1. The Morgan fingerprint density at radius 1 is 1.09 bits per heavy atom. The summed E-state index contributed by atoms with van der Waals surface area (Å²) in [4.78, 5) is 0. The number of fused-ring (bicyclic) bond motifs is 1. The molecule has 0 unspecified atom stereocenters. The molecule has 2 aromatic carbocycles. The van der Waals surface area contributed by atoms with Crippen molar-refractivity contribution in [3.8, 4) is 17.1 Å². The maximum Gasteiger partial charge on any atom is 0.416 e. The highest BCUT2D eigenvalue weighted by atomic mass is 19.4. The van der Waals surface area contributed by atoms with E-state index in [1.54, 1.807) is 18.2 Å². The first-order valence-corrected chi connectivity index (χ1v) is 6.81. The van der Waals surface area contributed by atoms with Gasteiger partial charge in [0, 0.05) is 10.9 Å². The summed E-state index contributed by atoms with van der Waals surface area (Å²) in [5, 5.41) is 9.97. The fourth-order valence-corrected chi connectivity index (χ4v) is 2.39. The second-order valence-electron chi connectivity index (χ2n) is 5.06. The highest BCUT2D eigenvalue weighted by Gasteiger charge is 2.30. The van der Waals surface area contributed by atoms with E-state index in [9.17, 15) is 18.3 Å². The van der Waals surface area contributed by atoms with Crippen LogP contribution in [0.4, 0.5) is 13.2 Å². The topological polar surface area (TPSA) is 42.6 Å². The third-order valence-corrected chi connectivity index (χ3v) is 3.54. The molecule has 120 valence electrons. The van der Waals surface area contributed by atoms with Crippen molar-refractivity contribution in [3.05, 3.63) is 53.6 Å². The average molecular weight is 322 g/mol. The molecule has 0 saturated heterocycles. The fourth-order valence-electron chi connectivity index (χ4n) is 2.39. The smallest absolute Gasteiger partial charge is 0.416 e. The van der Waals surface area contributed by atoms with Gasteiger partial charge in [-0.15, -0.1) is 0 Å². The molecule has 23 heavy (non-hydrogen) atoms. The molecule has 0 bridgehead atoms. The van der Waals surface area contributed by atoms with Crippen LogP contribution in [-0.4, -0.2) is 12.2 Å². The summed E-state index contributed by atoms with van der Waals surface area (Å²) in [6.07, 6.45) is -4.37. The van der Waals surface area contributed by atoms with E-state index in [4.69, 9.17) is 9.15 Å². The van der Waals surface area contributed by atoms with E-state index >= 15 is 0 Å². The molecule has 3 nitrogen and oxygen atoms in total. The molecule has 1 N–H and O–H groups in total. The summed E-state index contributed by atoms with van der Waals surface area (Å²) in [5.74, 6) is 0.895. The number of hydrogen-bond acceptors (Lipinski definition) is 3. The minimum absolute atomic E-state index is 0.146. The number of rotatable bonds is 3. The predicted octanol–water partition coefficient (Wildman–Crippen LogP) is 4.62. The van der Waals surface area contributed by atoms with Crippen LogP contribution in [-0.2, 0) is 12.8 Å². The van der Waals surface area contributed by atoms with Crippen LogP contribution < -0.4 is 4.74 Å². The third kappa shape index (κ3) is 2.90. The quantitative estimate of drug-likeness (QED) is 0.765. The van der Waals surface area contributed by atoms with Crippen LogP contribution in [0.2, 0.25) is 0 Å². The highest BCUT2D eigenvalue weighted by Crippen LogP contribution is 2.36.